The number of nitrogens with one attached hydrogen (secondary N) is 1. The van der Waals surface area contributed by atoms with Crippen LogP contribution in [-0.2, 0) is 6.54 Å². The quantitative estimate of drug-likeness (QED) is 0.836. The maximum atomic E-state index is 12.7. The van der Waals surface area contributed by atoms with E-state index in [1.165, 1.54) is 6.42 Å². The maximum absolute atomic E-state index is 12.7. The van der Waals surface area contributed by atoms with Crippen LogP contribution < -0.4 is 11.1 Å². The van der Waals surface area contributed by atoms with E-state index in [-0.39, 0.29) is 30.3 Å². The predicted molar refractivity (Wildman–Crippen MR) is 110 cm³/mol. The molecule has 144 valence electrons. The number of anilines is 1. The third-order valence-corrected chi connectivity index (χ3v) is 4.91. The molecular weight excluding hydrogens is 362 g/mol. The first kappa shape index (κ1) is 20.9. The molecule has 1 fully saturated rings. The van der Waals surface area contributed by atoms with Crippen molar-refractivity contribution in [3.05, 3.63) is 65.2 Å². The molecule has 3 rings (SSSR count). The largest absolute Gasteiger partial charge is 0.336 e. The zero-order chi connectivity index (χ0) is 18.5. The number of piperidine rings is 1. The van der Waals surface area contributed by atoms with Crippen LogP contribution in [0.4, 0.5) is 5.69 Å². The number of halogens is 1. The molecule has 0 radical (unpaired) electrons. The van der Waals surface area contributed by atoms with E-state index in [0.29, 0.717) is 23.4 Å². The van der Waals surface area contributed by atoms with Crippen molar-refractivity contribution < 1.29 is 9.59 Å². The van der Waals surface area contributed by atoms with Gasteiger partial charge in [-0.3, -0.25) is 9.59 Å². The minimum atomic E-state index is -0.183. The third kappa shape index (κ3) is 5.08. The van der Waals surface area contributed by atoms with E-state index in [1.54, 1.807) is 36.4 Å². The van der Waals surface area contributed by atoms with Crippen LogP contribution in [0.2, 0.25) is 0 Å². The van der Waals surface area contributed by atoms with Gasteiger partial charge in [-0.2, -0.15) is 0 Å². The summed E-state index contributed by atoms with van der Waals surface area (Å²) < 4.78 is 0. The van der Waals surface area contributed by atoms with Gasteiger partial charge < -0.3 is 16.0 Å². The van der Waals surface area contributed by atoms with E-state index in [9.17, 15) is 9.59 Å². The summed E-state index contributed by atoms with van der Waals surface area (Å²) in [6.45, 7) is 3.37. The first-order valence-electron chi connectivity index (χ1n) is 9.10. The molecule has 0 spiro atoms. The van der Waals surface area contributed by atoms with Crippen LogP contribution in [0.3, 0.4) is 0 Å². The topological polar surface area (TPSA) is 75.4 Å². The van der Waals surface area contributed by atoms with Gasteiger partial charge in [0.25, 0.3) is 11.8 Å². The predicted octanol–water partition coefficient (Wildman–Crippen LogP) is 3.83. The molecular formula is C21H26ClN3O2. The van der Waals surface area contributed by atoms with Gasteiger partial charge in [-0.15, -0.1) is 12.4 Å². The molecule has 0 saturated carbocycles. The number of hydrogen-bond donors (Lipinski definition) is 2. The number of benzene rings is 2. The molecule has 1 unspecified atom stereocenters. The second-order valence-corrected chi connectivity index (χ2v) is 6.78. The number of nitrogens with two attached hydrogens (primary N) is 1. The summed E-state index contributed by atoms with van der Waals surface area (Å²) in [6.07, 6.45) is 3.30. The Kier molecular flexibility index (Phi) is 7.39. The third-order valence-electron chi connectivity index (χ3n) is 4.91. The normalized spacial score (nSPS) is 16.4. The first-order chi connectivity index (χ1) is 12.6. The van der Waals surface area contributed by atoms with Crippen molar-refractivity contribution in [2.24, 2.45) is 5.73 Å². The van der Waals surface area contributed by atoms with E-state index in [0.717, 1.165) is 24.9 Å². The minimum Gasteiger partial charge on any atom is -0.336 e. The van der Waals surface area contributed by atoms with Crippen molar-refractivity contribution in [1.29, 1.82) is 0 Å². The number of carbonyl (C=O) groups is 2. The highest BCUT2D eigenvalue weighted by Crippen LogP contribution is 2.20. The summed E-state index contributed by atoms with van der Waals surface area (Å²) in [6, 6.07) is 14.6. The molecule has 5 nitrogen and oxygen atoms in total. The Bertz CT molecular complexity index is 775. The Morgan fingerprint density at radius 1 is 1.04 bits per heavy atom. The summed E-state index contributed by atoms with van der Waals surface area (Å²) in [5.41, 5.74) is 8.45. The lowest BCUT2D eigenvalue weighted by atomic mass is 10.0. The van der Waals surface area contributed by atoms with Crippen molar-refractivity contribution in [2.45, 2.75) is 38.8 Å². The Hall–Kier alpha value is -2.37. The van der Waals surface area contributed by atoms with Gasteiger partial charge in [0.2, 0.25) is 0 Å². The molecule has 1 aliphatic heterocycles. The molecule has 0 aromatic heterocycles. The van der Waals surface area contributed by atoms with Crippen LogP contribution in [0.1, 0.15) is 52.5 Å². The van der Waals surface area contributed by atoms with E-state index in [2.05, 4.69) is 12.2 Å². The second-order valence-electron chi connectivity index (χ2n) is 6.78. The Morgan fingerprint density at radius 2 is 1.67 bits per heavy atom. The van der Waals surface area contributed by atoms with E-state index in [4.69, 9.17) is 5.73 Å². The fraction of sp³-hybridized carbons (Fsp3) is 0.333. The van der Waals surface area contributed by atoms with Crippen molar-refractivity contribution in [1.82, 2.24) is 4.90 Å². The highest BCUT2D eigenvalue weighted by Gasteiger charge is 2.24. The fourth-order valence-corrected chi connectivity index (χ4v) is 3.26. The zero-order valence-corrected chi connectivity index (χ0v) is 16.3. The van der Waals surface area contributed by atoms with Gasteiger partial charge in [0, 0.05) is 35.9 Å². The van der Waals surface area contributed by atoms with Crippen LogP contribution in [0.25, 0.3) is 0 Å². The van der Waals surface area contributed by atoms with Crippen molar-refractivity contribution in [3.8, 4) is 0 Å². The zero-order valence-electron chi connectivity index (χ0n) is 15.5. The summed E-state index contributed by atoms with van der Waals surface area (Å²) in [4.78, 5) is 26.9. The van der Waals surface area contributed by atoms with Crippen molar-refractivity contribution in [2.75, 3.05) is 11.9 Å². The lowest BCUT2D eigenvalue weighted by molar-refractivity contribution is 0.0635. The molecule has 27 heavy (non-hydrogen) atoms. The van der Waals surface area contributed by atoms with E-state index < -0.39 is 0 Å². The molecule has 1 heterocycles. The van der Waals surface area contributed by atoms with Gasteiger partial charge in [0.05, 0.1) is 0 Å². The minimum absolute atomic E-state index is 0. The number of hydrogen-bond acceptors (Lipinski definition) is 3. The molecule has 1 saturated heterocycles. The van der Waals surface area contributed by atoms with Gasteiger partial charge in [-0.25, -0.2) is 0 Å². The van der Waals surface area contributed by atoms with Crippen LogP contribution in [-0.4, -0.2) is 29.3 Å². The fourth-order valence-electron chi connectivity index (χ4n) is 3.26. The average molecular weight is 388 g/mol. The van der Waals surface area contributed by atoms with Gasteiger partial charge >= 0.3 is 0 Å². The van der Waals surface area contributed by atoms with Crippen LogP contribution in [0.15, 0.2) is 48.5 Å². The number of nitrogens with zero attached hydrogens (tertiary/aromatic N) is 1. The van der Waals surface area contributed by atoms with Crippen LogP contribution in [0, 0.1) is 0 Å². The van der Waals surface area contributed by atoms with Crippen molar-refractivity contribution in [3.63, 3.8) is 0 Å². The number of rotatable bonds is 4. The molecule has 2 aromatic rings. The van der Waals surface area contributed by atoms with Gasteiger partial charge in [-0.1, -0.05) is 12.1 Å². The smallest absolute Gasteiger partial charge is 0.255 e. The highest BCUT2D eigenvalue weighted by atomic mass is 35.5. The molecule has 1 atom stereocenters. The van der Waals surface area contributed by atoms with Crippen molar-refractivity contribution >= 4 is 29.9 Å². The summed E-state index contributed by atoms with van der Waals surface area (Å²) in [7, 11) is 0. The van der Waals surface area contributed by atoms with E-state index in [1.807, 2.05) is 17.0 Å². The Labute approximate surface area is 166 Å². The average Bonchev–Trinajstić information content (AvgIpc) is 2.68. The lowest BCUT2D eigenvalue weighted by Gasteiger charge is -2.33. The first-order valence-corrected chi connectivity index (χ1v) is 9.10. The maximum Gasteiger partial charge on any atom is 0.255 e. The van der Waals surface area contributed by atoms with Gasteiger partial charge in [0.15, 0.2) is 0 Å². The van der Waals surface area contributed by atoms with E-state index >= 15 is 0 Å². The highest BCUT2D eigenvalue weighted by molar-refractivity contribution is 6.04. The number of likely N-dealkylation sites (tertiary alicyclic amines) is 1. The molecule has 2 aromatic carbocycles. The monoisotopic (exact) mass is 387 g/mol. The number of amides is 2. The molecule has 1 aliphatic rings. The second kappa shape index (κ2) is 9.53. The Balaban J connectivity index is 0.00000261. The lowest BCUT2D eigenvalue weighted by Crippen LogP contribution is -2.42. The van der Waals surface area contributed by atoms with Crippen LogP contribution >= 0.6 is 12.4 Å². The summed E-state index contributed by atoms with van der Waals surface area (Å²) >= 11 is 0. The number of carbonyl (C=O) groups excluding carboxylic acids is 2. The molecule has 0 bridgehead atoms. The molecule has 0 aliphatic carbocycles. The summed E-state index contributed by atoms with van der Waals surface area (Å²) in [5, 5.41) is 2.86. The summed E-state index contributed by atoms with van der Waals surface area (Å²) in [5.74, 6) is -0.121. The van der Waals surface area contributed by atoms with Gasteiger partial charge in [0.1, 0.15) is 0 Å². The molecule has 3 N–H and O–H groups in total. The Morgan fingerprint density at radius 3 is 2.26 bits per heavy atom. The molecule has 6 heteroatoms. The SMILES string of the molecule is CC1CCCCN1C(=O)c1ccc(NC(=O)c2ccc(CN)cc2)cc1.Cl. The standard InChI is InChI=1S/C21H25N3O2.ClH/c1-15-4-2-3-13-24(15)21(26)18-9-11-19(12-10-18)23-20(25)17-7-5-16(14-22)6-8-17;/h5-12,15H,2-4,13-14,22H2,1H3,(H,23,25);1H. The van der Waals surface area contributed by atoms with Crippen LogP contribution in [0.5, 0.6) is 0 Å². The van der Waals surface area contributed by atoms with Gasteiger partial charge in [-0.05, 0) is 68.1 Å². The molecule has 2 amide bonds.